The maximum Gasteiger partial charge on any atom is 0.240 e. The third kappa shape index (κ3) is 2.91. The predicted octanol–water partition coefficient (Wildman–Crippen LogP) is 0.668. The molecule has 3 N–H and O–H groups in total. The van der Waals surface area contributed by atoms with Gasteiger partial charge in [-0.05, 0) is 55.4 Å². The molecule has 1 aliphatic heterocycles. The molecule has 1 aromatic rings. The summed E-state index contributed by atoms with van der Waals surface area (Å²) in [4.78, 5) is 26.2. The van der Waals surface area contributed by atoms with E-state index in [1.165, 1.54) is 0 Å². The van der Waals surface area contributed by atoms with Crippen LogP contribution in [0.3, 0.4) is 0 Å². The van der Waals surface area contributed by atoms with Gasteiger partial charge in [0, 0.05) is 19.1 Å². The first-order chi connectivity index (χ1) is 12.3. The van der Waals surface area contributed by atoms with Gasteiger partial charge >= 0.3 is 0 Å². The summed E-state index contributed by atoms with van der Waals surface area (Å²) in [5.41, 5.74) is 6.24. The number of amides is 2. The average molecular weight is 377 g/mol. The summed E-state index contributed by atoms with van der Waals surface area (Å²) >= 11 is 0. The molecule has 1 heterocycles. The lowest BCUT2D eigenvalue weighted by atomic mass is 9.94. The average Bonchev–Trinajstić information content (AvgIpc) is 3.38. The lowest BCUT2D eigenvalue weighted by Crippen LogP contribution is -2.45. The SMILES string of the molecule is NC(=O)C1(C(=O)N2CCc3ccc(S(=O)(=O)NC4CCC4)cc3C2)CC1. The van der Waals surface area contributed by atoms with Crippen molar-refractivity contribution in [3.05, 3.63) is 29.3 Å². The second-order valence-corrected chi connectivity index (χ2v) is 9.32. The largest absolute Gasteiger partial charge is 0.369 e. The molecule has 0 atom stereocenters. The van der Waals surface area contributed by atoms with Crippen LogP contribution < -0.4 is 10.5 Å². The van der Waals surface area contributed by atoms with Gasteiger partial charge in [0.1, 0.15) is 5.41 Å². The van der Waals surface area contributed by atoms with E-state index in [0.717, 1.165) is 30.4 Å². The van der Waals surface area contributed by atoms with Crippen LogP contribution in [0.5, 0.6) is 0 Å². The Morgan fingerprint density at radius 2 is 1.92 bits per heavy atom. The van der Waals surface area contributed by atoms with E-state index in [2.05, 4.69) is 4.72 Å². The molecule has 8 heteroatoms. The lowest BCUT2D eigenvalue weighted by Gasteiger charge is -2.31. The molecule has 2 saturated carbocycles. The van der Waals surface area contributed by atoms with E-state index >= 15 is 0 Å². The van der Waals surface area contributed by atoms with Crippen LogP contribution in [0.4, 0.5) is 0 Å². The maximum atomic E-state index is 12.7. The number of sulfonamides is 1. The fourth-order valence-electron chi connectivity index (χ4n) is 3.68. The Kier molecular flexibility index (Phi) is 4.07. The summed E-state index contributed by atoms with van der Waals surface area (Å²) in [5.74, 6) is -0.786. The second-order valence-electron chi connectivity index (χ2n) is 7.60. The highest BCUT2D eigenvalue weighted by atomic mass is 32.2. The highest BCUT2D eigenvalue weighted by Gasteiger charge is 2.57. The zero-order valence-electron chi connectivity index (χ0n) is 14.5. The summed E-state index contributed by atoms with van der Waals surface area (Å²) in [5, 5.41) is 0. The topological polar surface area (TPSA) is 110 Å². The van der Waals surface area contributed by atoms with Gasteiger partial charge in [-0.25, -0.2) is 13.1 Å². The number of hydrogen-bond acceptors (Lipinski definition) is 4. The molecule has 7 nitrogen and oxygen atoms in total. The van der Waals surface area contributed by atoms with Crippen molar-refractivity contribution in [1.82, 2.24) is 9.62 Å². The van der Waals surface area contributed by atoms with Crippen molar-refractivity contribution in [2.75, 3.05) is 6.54 Å². The number of nitrogens with one attached hydrogen (secondary N) is 1. The Labute approximate surface area is 153 Å². The summed E-state index contributed by atoms with van der Waals surface area (Å²) in [6, 6.07) is 5.13. The van der Waals surface area contributed by atoms with Crippen LogP contribution in [-0.2, 0) is 32.6 Å². The van der Waals surface area contributed by atoms with Gasteiger partial charge in [-0.2, -0.15) is 0 Å². The van der Waals surface area contributed by atoms with E-state index in [4.69, 9.17) is 5.73 Å². The van der Waals surface area contributed by atoms with Gasteiger partial charge in [-0.15, -0.1) is 0 Å². The number of rotatable bonds is 5. The van der Waals surface area contributed by atoms with Crippen molar-refractivity contribution in [3.63, 3.8) is 0 Å². The number of fused-ring (bicyclic) bond motifs is 1. The number of carbonyl (C=O) groups excluding carboxylic acids is 2. The molecule has 0 spiro atoms. The highest BCUT2D eigenvalue weighted by molar-refractivity contribution is 7.89. The van der Waals surface area contributed by atoms with Gasteiger partial charge < -0.3 is 10.6 Å². The molecular weight excluding hydrogens is 354 g/mol. The van der Waals surface area contributed by atoms with E-state index in [-0.39, 0.29) is 16.8 Å². The van der Waals surface area contributed by atoms with Crippen molar-refractivity contribution < 1.29 is 18.0 Å². The fourth-order valence-corrected chi connectivity index (χ4v) is 5.04. The maximum absolute atomic E-state index is 12.7. The Balaban J connectivity index is 1.55. The van der Waals surface area contributed by atoms with Crippen molar-refractivity contribution >= 4 is 21.8 Å². The van der Waals surface area contributed by atoms with Crippen LogP contribution in [0.15, 0.2) is 23.1 Å². The minimum absolute atomic E-state index is 0.0272. The van der Waals surface area contributed by atoms with Crippen LogP contribution in [0.25, 0.3) is 0 Å². The monoisotopic (exact) mass is 377 g/mol. The minimum atomic E-state index is -3.55. The Bertz CT molecular complexity index is 872. The Morgan fingerprint density at radius 1 is 1.19 bits per heavy atom. The van der Waals surface area contributed by atoms with E-state index in [1.807, 2.05) is 6.07 Å². The highest BCUT2D eigenvalue weighted by Crippen LogP contribution is 2.47. The normalized spacial score (nSPS) is 21.6. The molecule has 2 fully saturated rings. The second kappa shape index (κ2) is 6.06. The summed E-state index contributed by atoms with van der Waals surface area (Å²) in [6.45, 7) is 0.837. The van der Waals surface area contributed by atoms with E-state index in [1.54, 1.807) is 17.0 Å². The molecule has 1 aromatic carbocycles. The number of benzene rings is 1. The molecule has 26 heavy (non-hydrogen) atoms. The first-order valence-corrected chi connectivity index (χ1v) is 10.5. The molecule has 2 amide bonds. The smallest absolute Gasteiger partial charge is 0.240 e. The standard InChI is InChI=1S/C18H23N3O4S/c19-16(22)18(7-8-18)17(23)21-9-6-12-4-5-15(10-13(12)11-21)26(24,25)20-14-2-1-3-14/h4-5,10,14,20H,1-3,6-9,11H2,(H2,19,22). The fraction of sp³-hybridized carbons (Fsp3) is 0.556. The van der Waals surface area contributed by atoms with Gasteiger partial charge in [-0.3, -0.25) is 9.59 Å². The molecule has 4 rings (SSSR count). The van der Waals surface area contributed by atoms with E-state index < -0.39 is 21.3 Å². The van der Waals surface area contributed by atoms with Crippen molar-refractivity contribution in [2.45, 2.75) is 56.0 Å². The molecule has 140 valence electrons. The number of carbonyl (C=O) groups is 2. The Morgan fingerprint density at radius 3 is 2.50 bits per heavy atom. The zero-order valence-corrected chi connectivity index (χ0v) is 15.3. The zero-order chi connectivity index (χ0) is 18.5. The van der Waals surface area contributed by atoms with Gasteiger partial charge in [0.05, 0.1) is 4.90 Å². The third-order valence-electron chi connectivity index (χ3n) is 5.85. The van der Waals surface area contributed by atoms with Crippen LogP contribution in [0.2, 0.25) is 0 Å². The van der Waals surface area contributed by atoms with Crippen LogP contribution >= 0.6 is 0 Å². The third-order valence-corrected chi connectivity index (χ3v) is 7.36. The molecule has 0 aromatic heterocycles. The van der Waals surface area contributed by atoms with Crippen molar-refractivity contribution in [3.8, 4) is 0 Å². The van der Waals surface area contributed by atoms with Gasteiger partial charge in [0.25, 0.3) is 0 Å². The van der Waals surface area contributed by atoms with Gasteiger partial charge in [0.15, 0.2) is 0 Å². The first-order valence-electron chi connectivity index (χ1n) is 9.05. The van der Waals surface area contributed by atoms with Crippen LogP contribution in [-0.4, -0.2) is 37.7 Å². The molecular formula is C18H23N3O4S. The quantitative estimate of drug-likeness (QED) is 0.735. The number of hydrogen-bond donors (Lipinski definition) is 2. The molecule has 0 radical (unpaired) electrons. The van der Waals surface area contributed by atoms with E-state index in [9.17, 15) is 18.0 Å². The number of nitrogens with zero attached hydrogens (tertiary/aromatic N) is 1. The predicted molar refractivity (Wildman–Crippen MR) is 94.4 cm³/mol. The van der Waals surface area contributed by atoms with E-state index in [0.29, 0.717) is 32.4 Å². The Hall–Kier alpha value is -1.93. The van der Waals surface area contributed by atoms with Gasteiger partial charge in [-0.1, -0.05) is 12.5 Å². The molecule has 0 bridgehead atoms. The van der Waals surface area contributed by atoms with Crippen LogP contribution in [0.1, 0.15) is 43.2 Å². The summed E-state index contributed by atoms with van der Waals surface area (Å²) < 4.78 is 27.8. The minimum Gasteiger partial charge on any atom is -0.369 e. The van der Waals surface area contributed by atoms with Crippen molar-refractivity contribution in [1.29, 1.82) is 0 Å². The van der Waals surface area contributed by atoms with Crippen LogP contribution in [0, 0.1) is 5.41 Å². The molecule has 3 aliphatic rings. The molecule has 0 saturated heterocycles. The van der Waals surface area contributed by atoms with Crippen molar-refractivity contribution in [2.24, 2.45) is 11.1 Å². The van der Waals surface area contributed by atoms with Gasteiger partial charge in [0.2, 0.25) is 21.8 Å². The summed E-state index contributed by atoms with van der Waals surface area (Å²) in [7, 11) is -3.55. The number of nitrogens with two attached hydrogens (primary N) is 1. The first kappa shape index (κ1) is 17.5. The number of primary amides is 1. The molecule has 2 aliphatic carbocycles. The summed E-state index contributed by atoms with van der Waals surface area (Å²) in [6.07, 6.45) is 4.46. The molecule has 0 unspecified atom stereocenters. The lowest BCUT2D eigenvalue weighted by molar-refractivity contribution is -0.143.